The van der Waals surface area contributed by atoms with E-state index < -0.39 is 0 Å². The van der Waals surface area contributed by atoms with Crippen LogP contribution in [0.2, 0.25) is 0 Å². The Labute approximate surface area is 196 Å². The van der Waals surface area contributed by atoms with Crippen LogP contribution >= 0.6 is 0 Å². The summed E-state index contributed by atoms with van der Waals surface area (Å²) in [5, 5.41) is 0. The number of hydrogen-bond donors (Lipinski definition) is 0. The Bertz CT molecular complexity index is 994. The monoisotopic (exact) mass is 442 g/mol. The molecule has 0 saturated heterocycles. The van der Waals surface area contributed by atoms with Gasteiger partial charge in [0.1, 0.15) is 13.2 Å². The molecule has 0 fully saturated rings. The summed E-state index contributed by atoms with van der Waals surface area (Å²) in [4.78, 5) is 22.3. The van der Waals surface area contributed by atoms with Gasteiger partial charge in [-0.25, -0.2) is 0 Å². The van der Waals surface area contributed by atoms with Crippen LogP contribution in [0.15, 0.2) is 103 Å². The molecule has 0 radical (unpaired) electrons. The molecule has 0 spiro atoms. The third kappa shape index (κ3) is 11.9. The van der Waals surface area contributed by atoms with E-state index >= 15 is 0 Å². The van der Waals surface area contributed by atoms with E-state index in [0.717, 1.165) is 16.7 Å². The van der Waals surface area contributed by atoms with Crippen LogP contribution in [0.1, 0.15) is 30.0 Å². The number of benzene rings is 3. The summed E-state index contributed by atoms with van der Waals surface area (Å²) in [6.07, 6.45) is 8.30. The smallest absolute Gasteiger partial charge is 0.310 e. The minimum Gasteiger partial charge on any atom is -0.461 e. The Balaban J connectivity index is 0.000000245. The molecule has 170 valence electrons. The molecule has 4 nitrogen and oxygen atoms in total. The highest BCUT2D eigenvalue weighted by atomic mass is 16.5. The number of hydrogen-bond acceptors (Lipinski definition) is 4. The molecule has 0 atom stereocenters. The van der Waals surface area contributed by atoms with Crippen molar-refractivity contribution in [3.05, 3.63) is 120 Å². The van der Waals surface area contributed by atoms with Gasteiger partial charge in [-0.2, -0.15) is 0 Å². The number of esters is 2. The maximum atomic E-state index is 11.6. The van der Waals surface area contributed by atoms with Crippen LogP contribution in [-0.4, -0.2) is 25.2 Å². The molecule has 0 aliphatic rings. The Kier molecular flexibility index (Phi) is 12.1. The zero-order valence-electron chi connectivity index (χ0n) is 18.9. The molecule has 3 aromatic carbocycles. The normalized spacial score (nSPS) is 10.5. The number of carbonyl (C=O) groups is 2. The van der Waals surface area contributed by atoms with Crippen LogP contribution < -0.4 is 0 Å². The lowest BCUT2D eigenvalue weighted by Crippen LogP contribution is -2.07. The Morgan fingerprint density at radius 2 is 1.06 bits per heavy atom. The van der Waals surface area contributed by atoms with Gasteiger partial charge in [0.15, 0.2) is 0 Å². The van der Waals surface area contributed by atoms with Crippen molar-refractivity contribution >= 4 is 24.1 Å². The second-order valence-electron chi connectivity index (χ2n) is 7.01. The van der Waals surface area contributed by atoms with Crippen molar-refractivity contribution in [3.63, 3.8) is 0 Å². The summed E-state index contributed by atoms with van der Waals surface area (Å²) in [7, 11) is 0. The summed E-state index contributed by atoms with van der Waals surface area (Å²) >= 11 is 0. The molecule has 0 aromatic heterocycles. The van der Waals surface area contributed by atoms with E-state index in [-0.39, 0.29) is 11.9 Å². The Morgan fingerprint density at radius 3 is 1.52 bits per heavy atom. The maximum absolute atomic E-state index is 11.6. The van der Waals surface area contributed by atoms with Crippen molar-refractivity contribution in [2.75, 3.05) is 13.2 Å². The largest absolute Gasteiger partial charge is 0.461 e. The van der Waals surface area contributed by atoms with Gasteiger partial charge in [0.25, 0.3) is 0 Å². The fourth-order valence-electron chi connectivity index (χ4n) is 2.69. The zero-order valence-corrected chi connectivity index (χ0v) is 18.9. The molecule has 0 aliphatic carbocycles. The summed E-state index contributed by atoms with van der Waals surface area (Å²) in [6.45, 7) is 2.44. The predicted octanol–water partition coefficient (Wildman–Crippen LogP) is 6.14. The molecule has 3 rings (SSSR count). The van der Waals surface area contributed by atoms with Gasteiger partial charge in [-0.05, 0) is 28.8 Å². The first kappa shape index (κ1) is 25.3. The second kappa shape index (κ2) is 15.8. The van der Waals surface area contributed by atoms with E-state index in [4.69, 9.17) is 9.47 Å². The molecule has 0 unspecified atom stereocenters. The van der Waals surface area contributed by atoms with Crippen molar-refractivity contribution in [2.24, 2.45) is 0 Å². The summed E-state index contributed by atoms with van der Waals surface area (Å²) in [5.41, 5.74) is 3.18. The Hall–Kier alpha value is -3.92. The van der Waals surface area contributed by atoms with Crippen LogP contribution in [-0.2, 0) is 25.5 Å². The van der Waals surface area contributed by atoms with Crippen molar-refractivity contribution < 1.29 is 19.1 Å². The van der Waals surface area contributed by atoms with Crippen LogP contribution in [0.5, 0.6) is 0 Å². The highest BCUT2D eigenvalue weighted by Crippen LogP contribution is 2.03. The van der Waals surface area contributed by atoms with E-state index in [0.29, 0.717) is 26.1 Å². The molecule has 4 heteroatoms. The molecule has 0 N–H and O–H groups in total. The number of rotatable bonds is 9. The van der Waals surface area contributed by atoms with E-state index in [9.17, 15) is 9.59 Å². The van der Waals surface area contributed by atoms with E-state index in [1.54, 1.807) is 6.92 Å². The van der Waals surface area contributed by atoms with Crippen LogP contribution in [0.3, 0.4) is 0 Å². The third-order valence-electron chi connectivity index (χ3n) is 4.38. The SMILES string of the molecule is CCC(=O)OC/C=C/c1ccccc1.O=C(Cc1ccccc1)OC/C=C/c1ccccc1. The van der Waals surface area contributed by atoms with E-state index in [1.807, 2.05) is 115 Å². The first-order valence-corrected chi connectivity index (χ1v) is 11.0. The number of carbonyl (C=O) groups excluding carboxylic acids is 2. The molecule has 0 saturated carbocycles. The molecule has 0 amide bonds. The molecule has 0 aliphatic heterocycles. The van der Waals surface area contributed by atoms with E-state index in [2.05, 4.69) is 0 Å². The molecular weight excluding hydrogens is 412 g/mol. The van der Waals surface area contributed by atoms with Crippen LogP contribution in [0, 0.1) is 0 Å². The van der Waals surface area contributed by atoms with Gasteiger partial charge in [0.2, 0.25) is 0 Å². The fourth-order valence-corrected chi connectivity index (χ4v) is 2.69. The Morgan fingerprint density at radius 1 is 0.636 bits per heavy atom. The molecule has 0 bridgehead atoms. The molecular formula is C29H30O4. The lowest BCUT2D eigenvalue weighted by Gasteiger charge is -2.01. The van der Waals surface area contributed by atoms with E-state index in [1.165, 1.54) is 0 Å². The van der Waals surface area contributed by atoms with Gasteiger partial charge in [0.05, 0.1) is 6.42 Å². The molecule has 0 heterocycles. The van der Waals surface area contributed by atoms with Gasteiger partial charge in [-0.1, -0.05) is 110 Å². The first-order valence-electron chi connectivity index (χ1n) is 11.0. The fraction of sp³-hybridized carbons (Fsp3) is 0.172. The maximum Gasteiger partial charge on any atom is 0.310 e. The van der Waals surface area contributed by atoms with Gasteiger partial charge in [0, 0.05) is 6.42 Å². The molecule has 33 heavy (non-hydrogen) atoms. The van der Waals surface area contributed by atoms with Gasteiger partial charge >= 0.3 is 11.9 Å². The van der Waals surface area contributed by atoms with Crippen molar-refractivity contribution in [1.29, 1.82) is 0 Å². The predicted molar refractivity (Wildman–Crippen MR) is 133 cm³/mol. The minimum absolute atomic E-state index is 0.164. The second-order valence-corrected chi connectivity index (χ2v) is 7.01. The van der Waals surface area contributed by atoms with Crippen LogP contribution in [0.25, 0.3) is 12.2 Å². The summed E-state index contributed by atoms with van der Waals surface area (Å²) < 4.78 is 10.0. The summed E-state index contributed by atoms with van der Waals surface area (Å²) in [6, 6.07) is 29.4. The third-order valence-corrected chi connectivity index (χ3v) is 4.38. The summed E-state index contributed by atoms with van der Waals surface area (Å²) in [5.74, 6) is -0.369. The average Bonchev–Trinajstić information content (AvgIpc) is 2.86. The number of ether oxygens (including phenoxy) is 2. The topological polar surface area (TPSA) is 52.6 Å². The zero-order chi connectivity index (χ0) is 23.6. The van der Waals surface area contributed by atoms with Crippen molar-refractivity contribution in [3.8, 4) is 0 Å². The highest BCUT2D eigenvalue weighted by molar-refractivity contribution is 5.72. The van der Waals surface area contributed by atoms with Crippen LogP contribution in [0.4, 0.5) is 0 Å². The quantitative estimate of drug-likeness (QED) is 0.374. The standard InChI is InChI=1S/C17H16O2.C12H14O2/c18-17(14-16-10-5-2-6-11-16)19-13-7-12-15-8-3-1-4-9-15;1-2-12(13)14-10-6-9-11-7-4-3-5-8-11/h1-12H,13-14H2;3-9H,2,10H2,1H3/b12-7+;9-6+. The van der Waals surface area contributed by atoms with Gasteiger partial charge in [-0.3, -0.25) is 9.59 Å². The van der Waals surface area contributed by atoms with Gasteiger partial charge < -0.3 is 9.47 Å². The lowest BCUT2D eigenvalue weighted by atomic mass is 10.2. The van der Waals surface area contributed by atoms with Gasteiger partial charge in [-0.15, -0.1) is 0 Å². The van der Waals surface area contributed by atoms with Crippen molar-refractivity contribution in [2.45, 2.75) is 19.8 Å². The first-order chi connectivity index (χ1) is 16.2. The minimum atomic E-state index is -0.205. The highest BCUT2D eigenvalue weighted by Gasteiger charge is 2.02. The molecule has 3 aromatic rings. The lowest BCUT2D eigenvalue weighted by molar-refractivity contribution is -0.142. The van der Waals surface area contributed by atoms with Crippen molar-refractivity contribution in [1.82, 2.24) is 0 Å². The average molecular weight is 443 g/mol.